The summed E-state index contributed by atoms with van der Waals surface area (Å²) in [5, 5.41) is 18.3. The van der Waals surface area contributed by atoms with Crippen molar-refractivity contribution >= 4 is 0 Å². The van der Waals surface area contributed by atoms with Crippen LogP contribution in [0.4, 0.5) is 17.6 Å². The fourth-order valence-corrected chi connectivity index (χ4v) is 2.72. The van der Waals surface area contributed by atoms with Gasteiger partial charge in [-0.2, -0.15) is 18.4 Å². The largest absolute Gasteiger partial charge is 0.416 e. The van der Waals surface area contributed by atoms with Crippen molar-refractivity contribution in [2.24, 2.45) is 5.92 Å². The predicted octanol–water partition coefficient (Wildman–Crippen LogP) is 12.7. The summed E-state index contributed by atoms with van der Waals surface area (Å²) in [6, 6.07) is 8.64. The number of aliphatic hydroxyl groups is 1. The van der Waals surface area contributed by atoms with E-state index in [1.165, 1.54) is 23.3 Å². The zero-order chi connectivity index (χ0) is 40.2. The molecule has 0 spiro atoms. The summed E-state index contributed by atoms with van der Waals surface area (Å²) in [5.41, 5.74) is 1.81. The molecule has 4 nitrogen and oxygen atoms in total. The zero-order valence-electron chi connectivity index (χ0n) is 34.0. The van der Waals surface area contributed by atoms with Crippen molar-refractivity contribution < 1.29 is 22.7 Å². The second-order valence-corrected chi connectivity index (χ2v) is 11.5. The first-order valence-electron chi connectivity index (χ1n) is 17.1. The first-order valence-corrected chi connectivity index (χ1v) is 17.1. The van der Waals surface area contributed by atoms with E-state index in [1.807, 2.05) is 100 Å². The molecule has 1 aromatic carbocycles. The highest BCUT2D eigenvalue weighted by Crippen LogP contribution is 2.32. The van der Waals surface area contributed by atoms with Gasteiger partial charge in [0.15, 0.2) is 5.60 Å². The number of rotatable bonds is 10. The third-order valence-corrected chi connectivity index (χ3v) is 5.47. The van der Waals surface area contributed by atoms with E-state index >= 15 is 0 Å². The lowest BCUT2D eigenvalue weighted by Gasteiger charge is -2.28. The fraction of sp³-hybridized carbons (Fsp3) is 0.585. The monoisotopic (exact) mass is 700 g/mol. The number of halogens is 4. The SMILES string of the molecule is C=C(C)C.C=CC.CC.CC.CC/C=C/C(C)/C(=C\N(C)CCC(C)(O)C(F)(F)F)CC#N.CC=C(C)C.CN(C)Cc1ccc(F)cc1. The molecular formula is C41H73F4N3O. The molecule has 1 N–H and O–H groups in total. The van der Waals surface area contributed by atoms with Crippen molar-refractivity contribution in [1.29, 1.82) is 5.26 Å². The van der Waals surface area contributed by atoms with Crippen LogP contribution in [-0.4, -0.2) is 54.4 Å². The van der Waals surface area contributed by atoms with Gasteiger partial charge in [0.2, 0.25) is 0 Å². The maximum atomic E-state index is 12.6. The number of alkyl halides is 3. The molecular weight excluding hydrogens is 626 g/mol. The van der Waals surface area contributed by atoms with Gasteiger partial charge in [-0.1, -0.05) is 89.1 Å². The zero-order valence-corrected chi connectivity index (χ0v) is 34.0. The summed E-state index contributed by atoms with van der Waals surface area (Å²) in [5.74, 6) is -0.127. The molecule has 1 aromatic rings. The van der Waals surface area contributed by atoms with Crippen molar-refractivity contribution in [3.63, 3.8) is 0 Å². The van der Waals surface area contributed by atoms with Crippen LogP contribution in [-0.2, 0) is 6.54 Å². The number of nitriles is 1. The minimum absolute atomic E-state index is 0.0465. The van der Waals surface area contributed by atoms with E-state index in [9.17, 15) is 22.7 Å². The smallest absolute Gasteiger partial charge is 0.381 e. The Labute approximate surface area is 300 Å². The molecule has 2 atom stereocenters. The van der Waals surface area contributed by atoms with Gasteiger partial charge in [-0.05, 0) is 104 Å². The highest BCUT2D eigenvalue weighted by molar-refractivity contribution is 5.16. The Bertz CT molecular complexity index is 1020. The highest BCUT2D eigenvalue weighted by Gasteiger charge is 2.49. The third kappa shape index (κ3) is 44.9. The Balaban J connectivity index is -0.000000141. The maximum Gasteiger partial charge on any atom is 0.416 e. The van der Waals surface area contributed by atoms with Gasteiger partial charge in [-0.25, -0.2) is 4.39 Å². The van der Waals surface area contributed by atoms with Gasteiger partial charge in [0.25, 0.3) is 0 Å². The van der Waals surface area contributed by atoms with E-state index < -0.39 is 18.2 Å². The van der Waals surface area contributed by atoms with Crippen LogP contribution in [0.2, 0.25) is 0 Å². The van der Waals surface area contributed by atoms with Crippen LogP contribution in [0.5, 0.6) is 0 Å². The number of benzene rings is 1. The molecule has 2 unspecified atom stereocenters. The normalized spacial score (nSPS) is 11.8. The van der Waals surface area contributed by atoms with Crippen molar-refractivity contribution in [2.75, 3.05) is 27.7 Å². The first-order chi connectivity index (χ1) is 22.6. The van der Waals surface area contributed by atoms with E-state index in [0.717, 1.165) is 31.0 Å². The minimum Gasteiger partial charge on any atom is -0.381 e. The van der Waals surface area contributed by atoms with Crippen LogP contribution >= 0.6 is 0 Å². The molecule has 0 aromatic heterocycles. The lowest BCUT2D eigenvalue weighted by atomic mass is 9.98. The lowest BCUT2D eigenvalue weighted by molar-refractivity contribution is -0.255. The molecule has 286 valence electrons. The third-order valence-electron chi connectivity index (χ3n) is 5.47. The van der Waals surface area contributed by atoms with E-state index in [-0.39, 0.29) is 24.7 Å². The summed E-state index contributed by atoms with van der Waals surface area (Å²) >= 11 is 0. The molecule has 1 rings (SSSR count). The van der Waals surface area contributed by atoms with Crippen LogP contribution in [0.1, 0.15) is 115 Å². The van der Waals surface area contributed by atoms with E-state index in [1.54, 1.807) is 36.4 Å². The predicted molar refractivity (Wildman–Crippen MR) is 209 cm³/mol. The maximum absolute atomic E-state index is 12.6. The van der Waals surface area contributed by atoms with E-state index in [4.69, 9.17) is 5.26 Å². The van der Waals surface area contributed by atoms with Crippen molar-refractivity contribution in [2.45, 2.75) is 128 Å². The molecule has 8 heteroatoms. The summed E-state index contributed by atoms with van der Waals surface area (Å²) in [6.07, 6.45) is 5.52. The van der Waals surface area contributed by atoms with Crippen molar-refractivity contribution in [3.8, 4) is 6.07 Å². The average Bonchev–Trinajstić information content (AvgIpc) is 3.01. The molecule has 0 fully saturated rings. The van der Waals surface area contributed by atoms with Gasteiger partial charge in [0.1, 0.15) is 5.82 Å². The molecule has 0 radical (unpaired) electrons. The Hall–Kier alpha value is -3.15. The number of hydrogen-bond donors (Lipinski definition) is 1. The lowest BCUT2D eigenvalue weighted by Crippen LogP contribution is -2.44. The first kappa shape index (κ1) is 58.1. The van der Waals surface area contributed by atoms with Gasteiger partial charge in [-0.3, -0.25) is 0 Å². The Morgan fingerprint density at radius 2 is 1.41 bits per heavy atom. The minimum atomic E-state index is -4.65. The summed E-state index contributed by atoms with van der Waals surface area (Å²) in [7, 11) is 5.62. The molecule has 0 aliphatic carbocycles. The number of allylic oxidation sites excluding steroid dienone is 7. The van der Waals surface area contributed by atoms with Gasteiger partial charge in [0, 0.05) is 26.6 Å². The molecule has 0 bridgehead atoms. The standard InChI is InChI=1S/C16H25F3N2O.C9H12FN.C5H10.C4H8.C3H6.2C2H6/c1-5-6-7-13(2)14(8-10-20)12-21(4)11-9-15(3,22)16(17,18)19;1-11(2)7-8-3-5-9(10)6-4-8;1-4-5(2)3;1-4(2)3;1-3-2;2*1-2/h6-7,12-13,22H,5,8-9,11H2,1-4H3;3-6H,7H2,1-2H3;4H,1-3H3;1H2,2-3H3;3H,1H2,2H3;2*1-2H3/b7-6+,14-12-;;;;;;. The van der Waals surface area contributed by atoms with Crippen molar-refractivity contribution in [3.05, 3.63) is 96.0 Å². The fourth-order valence-electron chi connectivity index (χ4n) is 2.72. The van der Waals surface area contributed by atoms with Crippen LogP contribution in [0.3, 0.4) is 0 Å². The highest BCUT2D eigenvalue weighted by atomic mass is 19.4. The summed E-state index contributed by atoms with van der Waals surface area (Å²) < 4.78 is 50.2. The molecule has 0 saturated carbocycles. The topological polar surface area (TPSA) is 50.5 Å². The average molecular weight is 700 g/mol. The Kier molecular flexibility index (Phi) is 44.6. The second-order valence-electron chi connectivity index (χ2n) is 11.5. The van der Waals surface area contributed by atoms with Gasteiger partial charge in [-0.15, -0.1) is 13.2 Å². The molecule has 0 saturated heterocycles. The quantitative estimate of drug-likeness (QED) is 0.195. The Morgan fingerprint density at radius 3 is 1.71 bits per heavy atom. The van der Waals surface area contributed by atoms with Crippen LogP contribution in [0, 0.1) is 23.1 Å². The molecule has 0 aliphatic rings. The van der Waals surface area contributed by atoms with Crippen LogP contribution in [0.15, 0.2) is 84.6 Å². The number of hydrogen-bond acceptors (Lipinski definition) is 4. The van der Waals surface area contributed by atoms with Crippen LogP contribution in [0.25, 0.3) is 0 Å². The van der Waals surface area contributed by atoms with Gasteiger partial charge < -0.3 is 14.9 Å². The Morgan fingerprint density at radius 1 is 1.00 bits per heavy atom. The number of nitrogens with zero attached hydrogens (tertiary/aromatic N) is 3. The molecule has 49 heavy (non-hydrogen) atoms. The van der Waals surface area contributed by atoms with Crippen LogP contribution < -0.4 is 0 Å². The summed E-state index contributed by atoms with van der Waals surface area (Å²) in [4.78, 5) is 3.64. The van der Waals surface area contributed by atoms with Crippen molar-refractivity contribution in [1.82, 2.24) is 9.80 Å². The summed E-state index contributed by atoms with van der Waals surface area (Å²) in [6.45, 7) is 32.6. The van der Waals surface area contributed by atoms with Gasteiger partial charge >= 0.3 is 6.18 Å². The van der Waals surface area contributed by atoms with E-state index in [0.29, 0.717) is 0 Å². The molecule has 0 aliphatic heterocycles. The van der Waals surface area contributed by atoms with E-state index in [2.05, 4.69) is 39.2 Å². The molecule has 0 heterocycles. The second kappa shape index (κ2) is 37.7. The van der Waals surface area contributed by atoms with Gasteiger partial charge in [0.05, 0.1) is 12.5 Å². The molecule has 0 amide bonds.